The maximum Gasteiger partial charge on any atom is 0.127 e. The fraction of sp³-hybridized carbons (Fsp3) is 0.357. The monoisotopic (exact) mass is 247 g/mol. The van der Waals surface area contributed by atoms with Gasteiger partial charge in [0.1, 0.15) is 11.6 Å². The summed E-state index contributed by atoms with van der Waals surface area (Å²) >= 11 is 0. The van der Waals surface area contributed by atoms with E-state index in [-0.39, 0.29) is 5.82 Å². The van der Waals surface area contributed by atoms with Gasteiger partial charge in [0.15, 0.2) is 0 Å². The quantitative estimate of drug-likeness (QED) is 0.882. The van der Waals surface area contributed by atoms with Crippen molar-refractivity contribution in [1.82, 2.24) is 9.55 Å². The molecule has 1 aromatic heterocycles. The molecule has 0 radical (unpaired) electrons. The van der Waals surface area contributed by atoms with Gasteiger partial charge in [0.25, 0.3) is 0 Å². The van der Waals surface area contributed by atoms with Gasteiger partial charge in [-0.2, -0.15) is 0 Å². The number of hydrogen-bond acceptors (Lipinski definition) is 2. The van der Waals surface area contributed by atoms with E-state index < -0.39 is 0 Å². The van der Waals surface area contributed by atoms with Crippen LogP contribution in [0.5, 0.6) is 0 Å². The van der Waals surface area contributed by atoms with Crippen LogP contribution in [-0.2, 0) is 19.5 Å². The highest BCUT2D eigenvalue weighted by molar-refractivity contribution is 5.26. The molecular weight excluding hydrogens is 229 g/mol. The second-order valence-electron chi connectivity index (χ2n) is 4.34. The molecule has 0 bridgehead atoms. The molecule has 3 nitrogen and oxygen atoms in total. The van der Waals surface area contributed by atoms with Crippen LogP contribution in [0.3, 0.4) is 0 Å². The van der Waals surface area contributed by atoms with Crippen molar-refractivity contribution in [3.8, 4) is 0 Å². The van der Waals surface area contributed by atoms with Gasteiger partial charge in [-0.3, -0.25) is 0 Å². The first-order valence-corrected chi connectivity index (χ1v) is 6.22. The van der Waals surface area contributed by atoms with Gasteiger partial charge in [-0.1, -0.05) is 19.1 Å². The zero-order valence-corrected chi connectivity index (χ0v) is 10.6. The average molecular weight is 247 g/mol. The molecule has 0 amide bonds. The lowest BCUT2D eigenvalue weighted by atomic mass is 10.1. The van der Waals surface area contributed by atoms with Crippen LogP contribution < -0.4 is 5.73 Å². The maximum atomic E-state index is 13.9. The second-order valence-corrected chi connectivity index (χ2v) is 4.34. The van der Waals surface area contributed by atoms with E-state index in [0.29, 0.717) is 18.5 Å². The predicted molar refractivity (Wildman–Crippen MR) is 69.6 cm³/mol. The van der Waals surface area contributed by atoms with Crippen LogP contribution in [0.15, 0.2) is 30.6 Å². The van der Waals surface area contributed by atoms with E-state index in [9.17, 15) is 4.39 Å². The van der Waals surface area contributed by atoms with Crippen molar-refractivity contribution in [2.75, 3.05) is 0 Å². The number of rotatable bonds is 5. The molecule has 0 unspecified atom stereocenters. The Kier molecular flexibility index (Phi) is 4.10. The lowest BCUT2D eigenvalue weighted by Gasteiger charge is -2.08. The molecule has 18 heavy (non-hydrogen) atoms. The number of nitrogens with two attached hydrogens (primary N) is 1. The highest BCUT2D eigenvalue weighted by atomic mass is 19.1. The molecule has 0 aliphatic carbocycles. The Morgan fingerprint density at radius 2 is 2.22 bits per heavy atom. The fourth-order valence-electron chi connectivity index (χ4n) is 1.98. The maximum absolute atomic E-state index is 13.9. The second kappa shape index (κ2) is 5.78. The van der Waals surface area contributed by atoms with E-state index in [2.05, 4.69) is 16.5 Å². The van der Waals surface area contributed by atoms with E-state index in [1.54, 1.807) is 12.3 Å². The minimum atomic E-state index is -0.205. The highest BCUT2D eigenvalue weighted by Gasteiger charge is 2.08. The Labute approximate surface area is 106 Å². The molecule has 0 fully saturated rings. The first-order valence-electron chi connectivity index (χ1n) is 6.22. The summed E-state index contributed by atoms with van der Waals surface area (Å²) in [5.74, 6) is 0.695. The molecule has 1 heterocycles. The number of benzene rings is 1. The lowest BCUT2D eigenvalue weighted by molar-refractivity contribution is 0.600. The Morgan fingerprint density at radius 3 is 2.89 bits per heavy atom. The van der Waals surface area contributed by atoms with Crippen molar-refractivity contribution >= 4 is 0 Å². The van der Waals surface area contributed by atoms with Crippen molar-refractivity contribution < 1.29 is 4.39 Å². The number of imidazole rings is 1. The summed E-state index contributed by atoms with van der Waals surface area (Å²) < 4.78 is 15.9. The summed E-state index contributed by atoms with van der Waals surface area (Å²) in [6, 6.07) is 5.16. The minimum absolute atomic E-state index is 0.205. The zero-order chi connectivity index (χ0) is 13.0. The van der Waals surface area contributed by atoms with Crippen molar-refractivity contribution in [2.24, 2.45) is 5.73 Å². The summed E-state index contributed by atoms with van der Waals surface area (Å²) in [7, 11) is 0. The van der Waals surface area contributed by atoms with Crippen molar-refractivity contribution in [3.05, 3.63) is 53.4 Å². The van der Waals surface area contributed by atoms with Crippen molar-refractivity contribution in [3.63, 3.8) is 0 Å². The minimum Gasteiger partial charge on any atom is -0.335 e. The van der Waals surface area contributed by atoms with Gasteiger partial charge >= 0.3 is 0 Å². The third-order valence-corrected chi connectivity index (χ3v) is 2.97. The van der Waals surface area contributed by atoms with Gasteiger partial charge in [0.05, 0.1) is 0 Å². The molecule has 1 aromatic carbocycles. The number of aromatic nitrogens is 2. The molecule has 2 aromatic rings. The number of hydrogen-bond donors (Lipinski definition) is 1. The van der Waals surface area contributed by atoms with Crippen LogP contribution in [0.2, 0.25) is 0 Å². The summed E-state index contributed by atoms with van der Waals surface area (Å²) in [4.78, 5) is 4.29. The average Bonchev–Trinajstić information content (AvgIpc) is 2.80. The van der Waals surface area contributed by atoms with Gasteiger partial charge in [-0.25, -0.2) is 9.37 Å². The molecule has 0 atom stereocenters. The number of halogens is 1. The van der Waals surface area contributed by atoms with Crippen molar-refractivity contribution in [2.45, 2.75) is 32.9 Å². The molecule has 2 rings (SSSR count). The topological polar surface area (TPSA) is 43.8 Å². The summed E-state index contributed by atoms with van der Waals surface area (Å²) in [5.41, 5.74) is 6.96. The predicted octanol–water partition coefficient (Wildman–Crippen LogP) is 2.48. The smallest absolute Gasteiger partial charge is 0.127 e. The third kappa shape index (κ3) is 2.76. The molecule has 4 heteroatoms. The van der Waals surface area contributed by atoms with Crippen LogP contribution in [0, 0.1) is 5.82 Å². The van der Waals surface area contributed by atoms with Gasteiger partial charge < -0.3 is 10.3 Å². The Morgan fingerprint density at radius 1 is 1.39 bits per heavy atom. The number of nitrogens with zero attached hydrogens (tertiary/aromatic N) is 2. The number of aryl methyl sites for hydroxylation is 1. The van der Waals surface area contributed by atoms with Crippen molar-refractivity contribution in [1.29, 1.82) is 0 Å². The Bertz CT molecular complexity index is 520. The first-order chi connectivity index (χ1) is 8.74. The highest BCUT2D eigenvalue weighted by Crippen LogP contribution is 2.14. The van der Waals surface area contributed by atoms with Crippen LogP contribution in [0.1, 0.15) is 30.3 Å². The van der Waals surface area contributed by atoms with Gasteiger partial charge in [0, 0.05) is 31.9 Å². The van der Waals surface area contributed by atoms with E-state index in [0.717, 1.165) is 24.4 Å². The van der Waals surface area contributed by atoms with Crippen LogP contribution in [0.4, 0.5) is 4.39 Å². The van der Waals surface area contributed by atoms with E-state index in [4.69, 9.17) is 5.73 Å². The van der Waals surface area contributed by atoms with Crippen LogP contribution >= 0.6 is 0 Å². The van der Waals surface area contributed by atoms with E-state index >= 15 is 0 Å². The summed E-state index contributed by atoms with van der Waals surface area (Å²) in [6.45, 7) is 3.39. The molecule has 96 valence electrons. The molecule has 0 aliphatic rings. The SMILES string of the molecule is CCCn1ccnc1Cc1ccc(CN)cc1F. The Hall–Kier alpha value is -1.68. The van der Waals surface area contributed by atoms with Gasteiger partial charge in [0.2, 0.25) is 0 Å². The summed E-state index contributed by atoms with van der Waals surface area (Å²) in [6.07, 6.45) is 5.25. The Balaban J connectivity index is 2.20. The van der Waals surface area contributed by atoms with Crippen LogP contribution in [-0.4, -0.2) is 9.55 Å². The van der Waals surface area contributed by atoms with E-state index in [1.807, 2.05) is 12.3 Å². The molecule has 2 N–H and O–H groups in total. The van der Waals surface area contributed by atoms with Gasteiger partial charge in [-0.15, -0.1) is 0 Å². The summed E-state index contributed by atoms with van der Waals surface area (Å²) in [5, 5.41) is 0. The van der Waals surface area contributed by atoms with E-state index in [1.165, 1.54) is 6.07 Å². The third-order valence-electron chi connectivity index (χ3n) is 2.97. The lowest BCUT2D eigenvalue weighted by Crippen LogP contribution is -2.05. The normalized spacial score (nSPS) is 10.8. The molecule has 0 aliphatic heterocycles. The molecular formula is C14H18FN3. The largest absolute Gasteiger partial charge is 0.335 e. The molecule has 0 saturated carbocycles. The fourth-order valence-corrected chi connectivity index (χ4v) is 1.98. The molecule has 0 spiro atoms. The zero-order valence-electron chi connectivity index (χ0n) is 10.6. The van der Waals surface area contributed by atoms with Gasteiger partial charge in [-0.05, 0) is 23.6 Å². The standard InChI is InChI=1S/C14H18FN3/c1-2-6-18-7-5-17-14(18)9-12-4-3-11(10-16)8-13(12)15/h3-5,7-8H,2,6,9-10,16H2,1H3. The molecule has 0 saturated heterocycles. The van der Waals surface area contributed by atoms with Crippen LogP contribution in [0.25, 0.3) is 0 Å². The first kappa shape index (κ1) is 12.8.